The van der Waals surface area contributed by atoms with E-state index in [9.17, 15) is 19.5 Å². The summed E-state index contributed by atoms with van der Waals surface area (Å²) in [7, 11) is 0. The number of hydrogen-bond donors (Lipinski definition) is 2. The Morgan fingerprint density at radius 2 is 1.69 bits per heavy atom. The predicted octanol–water partition coefficient (Wildman–Crippen LogP) is 4.55. The summed E-state index contributed by atoms with van der Waals surface area (Å²) >= 11 is 0. The topological polar surface area (TPSA) is 95.9 Å². The van der Waals surface area contributed by atoms with Gasteiger partial charge < -0.3 is 20.1 Å². The Morgan fingerprint density at radius 3 is 2.26 bits per heavy atom. The van der Waals surface area contributed by atoms with Crippen LogP contribution in [0, 0.1) is 5.92 Å². The quantitative estimate of drug-likeness (QED) is 0.611. The molecule has 2 aromatic rings. The number of rotatable bonds is 7. The monoisotopic (exact) mass is 476 g/mol. The van der Waals surface area contributed by atoms with E-state index in [1.165, 1.54) is 16.0 Å². The van der Waals surface area contributed by atoms with Crippen molar-refractivity contribution in [2.24, 2.45) is 5.92 Å². The Morgan fingerprint density at radius 1 is 1.06 bits per heavy atom. The van der Waals surface area contributed by atoms with Crippen LogP contribution in [0.5, 0.6) is 0 Å². The molecule has 1 saturated carbocycles. The summed E-state index contributed by atoms with van der Waals surface area (Å²) in [4.78, 5) is 39.3. The Bertz CT molecular complexity index is 1100. The van der Waals surface area contributed by atoms with Gasteiger partial charge in [0.15, 0.2) is 0 Å². The van der Waals surface area contributed by atoms with Gasteiger partial charge in [0.1, 0.15) is 12.1 Å². The maximum atomic E-state index is 13.1. The number of hydrogen-bond acceptors (Lipinski definition) is 4. The molecule has 0 aromatic heterocycles. The zero-order valence-corrected chi connectivity index (χ0v) is 20.0. The van der Waals surface area contributed by atoms with Crippen LogP contribution < -0.4 is 5.32 Å². The van der Waals surface area contributed by atoms with Gasteiger partial charge in [-0.3, -0.25) is 4.79 Å². The maximum Gasteiger partial charge on any atom is 0.407 e. The normalized spacial score (nSPS) is 22.1. The number of alkyl carbamates (subject to hydrolysis) is 1. The molecule has 1 aliphatic heterocycles. The van der Waals surface area contributed by atoms with E-state index in [2.05, 4.69) is 29.6 Å². The van der Waals surface area contributed by atoms with Crippen molar-refractivity contribution in [3.63, 3.8) is 0 Å². The van der Waals surface area contributed by atoms with Crippen LogP contribution in [0.1, 0.15) is 62.5 Å². The number of carboxylic acid groups (broad SMARTS) is 1. The smallest absolute Gasteiger partial charge is 0.407 e. The van der Waals surface area contributed by atoms with E-state index in [4.69, 9.17) is 4.74 Å². The van der Waals surface area contributed by atoms with Gasteiger partial charge in [-0.1, -0.05) is 55.0 Å². The lowest BCUT2D eigenvalue weighted by molar-refractivity contribution is -0.155. The molecular weight excluding hydrogens is 444 g/mol. The SMILES string of the molecule is C[C@]1(C(=O)O)CCCN1C(=O)CC(NC(=O)OCC1c2ccccc2-c2ccccc21)C1CCC1. The lowest BCUT2D eigenvalue weighted by atomic mass is 9.78. The molecule has 3 aliphatic rings. The molecule has 35 heavy (non-hydrogen) atoms. The number of carbonyl (C=O) groups excluding carboxylic acids is 2. The van der Waals surface area contributed by atoms with Crippen molar-refractivity contribution in [3.05, 3.63) is 59.7 Å². The minimum atomic E-state index is -1.18. The second-order valence-electron chi connectivity index (χ2n) is 10.2. The molecule has 0 spiro atoms. The van der Waals surface area contributed by atoms with Gasteiger partial charge in [-0.25, -0.2) is 9.59 Å². The molecule has 5 rings (SSSR count). The van der Waals surface area contributed by atoms with E-state index < -0.39 is 17.6 Å². The van der Waals surface area contributed by atoms with Crippen molar-refractivity contribution in [1.29, 1.82) is 0 Å². The van der Waals surface area contributed by atoms with Gasteiger partial charge in [-0.15, -0.1) is 0 Å². The van der Waals surface area contributed by atoms with Gasteiger partial charge in [0, 0.05) is 24.9 Å². The summed E-state index contributed by atoms with van der Waals surface area (Å²) in [5.74, 6) is -1.02. The standard InChI is InChI=1S/C28H32N2O5/c1-28(26(32)33)14-7-15-30(28)25(31)16-24(18-8-6-9-18)29-27(34)35-17-23-21-12-4-2-10-19(21)20-11-3-5-13-22(20)23/h2-5,10-13,18,23-24H,6-9,14-17H2,1H3,(H,29,34)(H,32,33)/t24?,28-/m1/s1. The number of fused-ring (bicyclic) bond motifs is 3. The molecule has 184 valence electrons. The molecule has 2 aromatic carbocycles. The van der Waals surface area contributed by atoms with Crippen molar-refractivity contribution < 1.29 is 24.2 Å². The van der Waals surface area contributed by atoms with E-state index in [0.717, 1.165) is 30.4 Å². The van der Waals surface area contributed by atoms with Gasteiger partial charge in [0.2, 0.25) is 5.91 Å². The zero-order chi connectivity index (χ0) is 24.6. The van der Waals surface area contributed by atoms with Crippen LogP contribution in [0.25, 0.3) is 11.1 Å². The fourth-order valence-electron chi connectivity index (χ4n) is 5.85. The average molecular weight is 477 g/mol. The van der Waals surface area contributed by atoms with Crippen LogP contribution >= 0.6 is 0 Å². The third kappa shape index (κ3) is 4.28. The summed E-state index contributed by atoms with van der Waals surface area (Å²) in [6, 6.07) is 16.0. The number of ether oxygens (including phenoxy) is 1. The molecule has 0 radical (unpaired) electrons. The summed E-state index contributed by atoms with van der Waals surface area (Å²) in [6.07, 6.45) is 3.63. The van der Waals surface area contributed by atoms with Crippen LogP contribution in [0.2, 0.25) is 0 Å². The molecule has 2 aliphatic carbocycles. The van der Waals surface area contributed by atoms with Gasteiger partial charge in [0.05, 0.1) is 0 Å². The van der Waals surface area contributed by atoms with Crippen molar-refractivity contribution in [1.82, 2.24) is 10.2 Å². The number of aliphatic carboxylic acids is 1. The number of likely N-dealkylation sites (tertiary alicyclic amines) is 1. The molecule has 2 amide bonds. The van der Waals surface area contributed by atoms with Crippen molar-refractivity contribution >= 4 is 18.0 Å². The fourth-order valence-corrected chi connectivity index (χ4v) is 5.85. The predicted molar refractivity (Wildman–Crippen MR) is 131 cm³/mol. The Kier molecular flexibility index (Phi) is 6.26. The second kappa shape index (κ2) is 9.36. The third-order valence-corrected chi connectivity index (χ3v) is 8.16. The number of amides is 2. The minimum absolute atomic E-state index is 0.0298. The largest absolute Gasteiger partial charge is 0.480 e. The second-order valence-corrected chi connectivity index (χ2v) is 10.2. The van der Waals surface area contributed by atoms with Crippen molar-refractivity contribution in [2.45, 2.75) is 62.9 Å². The zero-order valence-electron chi connectivity index (χ0n) is 20.0. The van der Waals surface area contributed by atoms with Gasteiger partial charge in [-0.2, -0.15) is 0 Å². The van der Waals surface area contributed by atoms with E-state index in [0.29, 0.717) is 19.4 Å². The highest BCUT2D eigenvalue weighted by molar-refractivity contribution is 5.88. The van der Waals surface area contributed by atoms with Gasteiger partial charge in [-0.05, 0) is 60.8 Å². The van der Waals surface area contributed by atoms with Crippen LogP contribution in [0.15, 0.2) is 48.5 Å². The average Bonchev–Trinajstić information content (AvgIpc) is 3.36. The van der Waals surface area contributed by atoms with Crippen LogP contribution in [-0.2, 0) is 14.3 Å². The molecule has 1 saturated heterocycles. The number of benzene rings is 2. The maximum absolute atomic E-state index is 13.1. The molecule has 2 N–H and O–H groups in total. The first-order valence-electron chi connectivity index (χ1n) is 12.5. The first-order chi connectivity index (χ1) is 16.9. The number of carboxylic acids is 1. The molecule has 1 unspecified atom stereocenters. The van der Waals surface area contributed by atoms with Crippen LogP contribution in [0.4, 0.5) is 4.79 Å². The summed E-state index contributed by atoms with van der Waals surface area (Å²) in [5.41, 5.74) is 3.46. The first-order valence-corrected chi connectivity index (χ1v) is 12.5. The summed E-state index contributed by atoms with van der Waals surface area (Å²) in [5, 5.41) is 12.6. The Balaban J connectivity index is 1.24. The third-order valence-electron chi connectivity index (χ3n) is 8.16. The highest BCUT2D eigenvalue weighted by Gasteiger charge is 2.46. The lowest BCUT2D eigenvalue weighted by Gasteiger charge is -2.37. The molecule has 2 atom stereocenters. The first kappa shape index (κ1) is 23.4. The molecule has 1 heterocycles. The Hall–Kier alpha value is -3.35. The molecule has 7 heteroatoms. The van der Waals surface area contributed by atoms with Crippen LogP contribution in [0.3, 0.4) is 0 Å². The van der Waals surface area contributed by atoms with E-state index >= 15 is 0 Å². The molecular formula is C28H32N2O5. The molecule has 0 bridgehead atoms. The van der Waals surface area contributed by atoms with Gasteiger partial charge in [0.25, 0.3) is 0 Å². The number of nitrogens with one attached hydrogen (secondary N) is 1. The highest BCUT2D eigenvalue weighted by Crippen LogP contribution is 2.44. The summed E-state index contributed by atoms with van der Waals surface area (Å²) in [6.45, 7) is 2.26. The fraction of sp³-hybridized carbons (Fsp3) is 0.464. The summed E-state index contributed by atoms with van der Waals surface area (Å²) < 4.78 is 5.71. The molecule has 2 fully saturated rings. The number of nitrogens with zero attached hydrogens (tertiary/aromatic N) is 1. The van der Waals surface area contributed by atoms with Gasteiger partial charge >= 0.3 is 12.1 Å². The minimum Gasteiger partial charge on any atom is -0.480 e. The van der Waals surface area contributed by atoms with E-state index in [-0.39, 0.29) is 36.8 Å². The van der Waals surface area contributed by atoms with E-state index in [1.54, 1.807) is 6.92 Å². The Labute approximate surface area is 205 Å². The molecule has 7 nitrogen and oxygen atoms in total. The van der Waals surface area contributed by atoms with E-state index in [1.807, 2.05) is 24.3 Å². The van der Waals surface area contributed by atoms with Crippen molar-refractivity contribution in [3.8, 4) is 11.1 Å². The highest BCUT2D eigenvalue weighted by atomic mass is 16.5. The number of carbonyl (C=O) groups is 3. The van der Waals surface area contributed by atoms with Crippen molar-refractivity contribution in [2.75, 3.05) is 13.2 Å². The lowest BCUT2D eigenvalue weighted by Crippen LogP contribution is -2.53. The van der Waals surface area contributed by atoms with Crippen LogP contribution in [-0.4, -0.2) is 52.7 Å².